The summed E-state index contributed by atoms with van der Waals surface area (Å²) in [6.07, 6.45) is 2.68. The molecule has 1 aliphatic heterocycles. The Bertz CT molecular complexity index is 1710. The standard InChI is InChI=1S/C33H28Cl3N3O4/c34-27-2-1-3-28(35)30(27)31-26(32(43-38-31)22-6-7-22)10-15-42-25-9-8-21(29(36)19-25)5-4-20-16-23(33(40)41)18-24(17-20)39-13-11-37-12-14-39/h1-3,8-9,16-19,22,37H,6-7,10-15H2,(H,40,41). The van der Waals surface area contributed by atoms with Crippen LogP contribution in [0.15, 0.2) is 59.1 Å². The van der Waals surface area contributed by atoms with Gasteiger partial charge in [-0.15, -0.1) is 0 Å². The predicted molar refractivity (Wildman–Crippen MR) is 169 cm³/mol. The van der Waals surface area contributed by atoms with Crippen LogP contribution in [0.3, 0.4) is 0 Å². The van der Waals surface area contributed by atoms with Crippen LogP contribution in [-0.4, -0.2) is 49.0 Å². The fraction of sp³-hybridized carbons (Fsp3) is 0.273. The lowest BCUT2D eigenvalue weighted by molar-refractivity contribution is 0.0697. The minimum absolute atomic E-state index is 0.202. The monoisotopic (exact) mass is 635 g/mol. The Kier molecular flexibility index (Phi) is 8.83. The number of hydrogen-bond donors (Lipinski definition) is 2. The second-order valence-corrected chi connectivity index (χ2v) is 11.8. The summed E-state index contributed by atoms with van der Waals surface area (Å²) in [5, 5.41) is 18.8. The van der Waals surface area contributed by atoms with Crippen LogP contribution in [0.5, 0.6) is 5.75 Å². The van der Waals surface area contributed by atoms with Gasteiger partial charge in [0.25, 0.3) is 0 Å². The number of benzene rings is 3. The Morgan fingerprint density at radius 1 is 1.02 bits per heavy atom. The average Bonchev–Trinajstić information content (AvgIpc) is 3.77. The summed E-state index contributed by atoms with van der Waals surface area (Å²) in [5.74, 6) is 7.01. The number of nitrogens with one attached hydrogen (secondary N) is 1. The molecule has 1 saturated carbocycles. The summed E-state index contributed by atoms with van der Waals surface area (Å²) in [7, 11) is 0. The Labute approximate surface area is 264 Å². The number of aromatic nitrogens is 1. The number of ether oxygens (including phenoxy) is 1. The van der Waals surface area contributed by atoms with Crippen molar-refractivity contribution in [2.45, 2.75) is 25.2 Å². The minimum Gasteiger partial charge on any atom is -0.493 e. The van der Waals surface area contributed by atoms with Crippen molar-refractivity contribution >= 4 is 46.5 Å². The molecule has 7 nitrogen and oxygen atoms in total. The molecule has 3 aromatic carbocycles. The molecule has 0 amide bonds. The lowest BCUT2D eigenvalue weighted by atomic mass is 10.0. The van der Waals surface area contributed by atoms with Crippen molar-refractivity contribution < 1.29 is 19.2 Å². The van der Waals surface area contributed by atoms with Crippen molar-refractivity contribution in [3.05, 3.63) is 97.7 Å². The molecule has 2 N–H and O–H groups in total. The number of rotatable bonds is 8. The first-order valence-electron chi connectivity index (χ1n) is 14.1. The van der Waals surface area contributed by atoms with Crippen LogP contribution in [0, 0.1) is 11.8 Å². The number of piperazine rings is 1. The Hall–Kier alpha value is -3.67. The molecule has 4 aromatic rings. The highest BCUT2D eigenvalue weighted by Crippen LogP contribution is 2.46. The van der Waals surface area contributed by atoms with Gasteiger partial charge in [-0.3, -0.25) is 0 Å². The highest BCUT2D eigenvalue weighted by atomic mass is 35.5. The zero-order valence-corrected chi connectivity index (χ0v) is 25.4. The van der Waals surface area contributed by atoms with E-state index in [4.69, 9.17) is 44.1 Å². The molecule has 6 rings (SSSR count). The third-order valence-corrected chi connectivity index (χ3v) is 8.46. The first kappa shape index (κ1) is 29.4. The summed E-state index contributed by atoms with van der Waals surface area (Å²) in [5.41, 5.74) is 4.54. The maximum atomic E-state index is 11.8. The first-order valence-corrected chi connectivity index (χ1v) is 15.2. The van der Waals surface area contributed by atoms with Crippen LogP contribution in [0.1, 0.15) is 51.6 Å². The number of carboxylic acids is 1. The first-order chi connectivity index (χ1) is 20.9. The third kappa shape index (κ3) is 6.79. The number of anilines is 1. The molecule has 2 fully saturated rings. The molecule has 0 radical (unpaired) electrons. The minimum atomic E-state index is -0.989. The van der Waals surface area contributed by atoms with E-state index < -0.39 is 5.97 Å². The summed E-state index contributed by atoms with van der Waals surface area (Å²) in [6, 6.07) is 15.9. The van der Waals surface area contributed by atoms with Gasteiger partial charge in [-0.2, -0.15) is 0 Å². The van der Waals surface area contributed by atoms with Crippen molar-refractivity contribution in [2.75, 3.05) is 37.7 Å². The molecule has 0 atom stereocenters. The number of carboxylic acid groups (broad SMARTS) is 1. The lowest BCUT2D eigenvalue weighted by Gasteiger charge is -2.29. The predicted octanol–water partition coefficient (Wildman–Crippen LogP) is 7.31. The summed E-state index contributed by atoms with van der Waals surface area (Å²) >= 11 is 19.5. The molecule has 2 heterocycles. The molecule has 0 unspecified atom stereocenters. The van der Waals surface area contributed by atoms with Crippen molar-refractivity contribution in [2.24, 2.45) is 0 Å². The Morgan fingerprint density at radius 3 is 2.49 bits per heavy atom. The summed E-state index contributed by atoms with van der Waals surface area (Å²) < 4.78 is 11.8. The van der Waals surface area contributed by atoms with E-state index in [9.17, 15) is 9.90 Å². The van der Waals surface area contributed by atoms with Gasteiger partial charge in [0.2, 0.25) is 0 Å². The van der Waals surface area contributed by atoms with E-state index in [1.54, 1.807) is 42.5 Å². The van der Waals surface area contributed by atoms with Crippen LogP contribution in [0.25, 0.3) is 11.3 Å². The lowest BCUT2D eigenvalue weighted by Crippen LogP contribution is -2.43. The largest absolute Gasteiger partial charge is 0.493 e. The third-order valence-electron chi connectivity index (χ3n) is 7.52. The molecule has 0 bridgehead atoms. The van der Waals surface area contributed by atoms with E-state index in [0.29, 0.717) is 62.1 Å². The van der Waals surface area contributed by atoms with Gasteiger partial charge in [-0.1, -0.05) is 57.9 Å². The molecule has 220 valence electrons. The van der Waals surface area contributed by atoms with E-state index >= 15 is 0 Å². The highest BCUT2D eigenvalue weighted by Gasteiger charge is 2.33. The van der Waals surface area contributed by atoms with Gasteiger partial charge in [0.05, 0.1) is 27.2 Å². The zero-order valence-electron chi connectivity index (χ0n) is 23.1. The van der Waals surface area contributed by atoms with Gasteiger partial charge in [-0.25, -0.2) is 4.79 Å². The normalized spacial score (nSPS) is 14.7. The maximum absolute atomic E-state index is 11.8. The second-order valence-electron chi connectivity index (χ2n) is 10.5. The van der Waals surface area contributed by atoms with E-state index in [1.807, 2.05) is 12.1 Å². The van der Waals surface area contributed by atoms with Crippen LogP contribution in [0.2, 0.25) is 15.1 Å². The SMILES string of the molecule is O=C(O)c1cc(C#Cc2ccc(OCCc3c(-c4c(Cl)cccc4Cl)noc3C3CC3)cc2Cl)cc(N2CCNCC2)c1. The van der Waals surface area contributed by atoms with Gasteiger partial charge in [0.15, 0.2) is 0 Å². The zero-order chi connectivity index (χ0) is 29.9. The maximum Gasteiger partial charge on any atom is 0.335 e. The van der Waals surface area contributed by atoms with Gasteiger partial charge < -0.3 is 24.6 Å². The van der Waals surface area contributed by atoms with Gasteiger partial charge in [-0.05, 0) is 55.3 Å². The van der Waals surface area contributed by atoms with E-state index in [2.05, 4.69) is 27.2 Å². The Balaban J connectivity index is 1.17. The molecule has 1 aliphatic carbocycles. The van der Waals surface area contributed by atoms with E-state index in [0.717, 1.165) is 56.0 Å². The number of hydrogen-bond acceptors (Lipinski definition) is 6. The quantitative estimate of drug-likeness (QED) is 0.196. The van der Waals surface area contributed by atoms with Gasteiger partial charge in [0, 0.05) is 72.5 Å². The van der Waals surface area contributed by atoms with Crippen LogP contribution in [0.4, 0.5) is 5.69 Å². The molecular weight excluding hydrogens is 609 g/mol. The molecular formula is C33H28Cl3N3O4. The van der Waals surface area contributed by atoms with Crippen molar-refractivity contribution in [1.82, 2.24) is 10.5 Å². The summed E-state index contributed by atoms with van der Waals surface area (Å²) in [6.45, 7) is 3.67. The molecule has 1 aromatic heterocycles. The highest BCUT2D eigenvalue weighted by molar-refractivity contribution is 6.39. The van der Waals surface area contributed by atoms with Crippen molar-refractivity contribution in [1.29, 1.82) is 0 Å². The van der Waals surface area contributed by atoms with Gasteiger partial charge >= 0.3 is 5.97 Å². The topological polar surface area (TPSA) is 87.8 Å². The molecule has 1 saturated heterocycles. The fourth-order valence-electron chi connectivity index (χ4n) is 5.16. The van der Waals surface area contributed by atoms with Crippen LogP contribution < -0.4 is 15.0 Å². The number of nitrogens with zero attached hydrogens (tertiary/aromatic N) is 2. The van der Waals surface area contributed by atoms with Crippen LogP contribution in [-0.2, 0) is 6.42 Å². The smallest absolute Gasteiger partial charge is 0.335 e. The van der Waals surface area contributed by atoms with Crippen LogP contribution >= 0.6 is 34.8 Å². The van der Waals surface area contributed by atoms with Crippen molar-refractivity contribution in [3.63, 3.8) is 0 Å². The molecule has 2 aliphatic rings. The Morgan fingerprint density at radius 2 is 1.79 bits per heavy atom. The summed E-state index contributed by atoms with van der Waals surface area (Å²) in [4.78, 5) is 13.9. The fourth-order valence-corrected chi connectivity index (χ4v) is 5.95. The average molecular weight is 637 g/mol. The van der Waals surface area contributed by atoms with Crippen molar-refractivity contribution in [3.8, 4) is 28.8 Å². The molecule has 43 heavy (non-hydrogen) atoms. The molecule has 10 heteroatoms. The van der Waals surface area contributed by atoms with E-state index in [1.165, 1.54) is 0 Å². The number of halogens is 3. The number of aromatic carboxylic acids is 1. The second kappa shape index (κ2) is 12.9. The number of carbonyl (C=O) groups is 1. The molecule has 0 spiro atoms. The van der Waals surface area contributed by atoms with Gasteiger partial charge in [0.1, 0.15) is 17.2 Å². The van der Waals surface area contributed by atoms with E-state index in [-0.39, 0.29) is 5.56 Å².